The molecule has 0 saturated carbocycles. The maximum absolute atomic E-state index is 4.03. The minimum absolute atomic E-state index is 0.415. The van der Waals surface area contributed by atoms with Gasteiger partial charge >= 0.3 is 0 Å². The number of benzene rings is 4. The molecule has 0 unspecified atom stereocenters. The molecule has 0 heterocycles. The van der Waals surface area contributed by atoms with Gasteiger partial charge in [-0.05, 0) is 80.3 Å². The van der Waals surface area contributed by atoms with Gasteiger partial charge in [0, 0.05) is 20.4 Å². The fraction of sp³-hybridized carbons (Fsp3) is 0.273. The van der Waals surface area contributed by atoms with E-state index < -0.39 is 0 Å². The lowest BCUT2D eigenvalue weighted by Crippen LogP contribution is -2.08. The van der Waals surface area contributed by atoms with Crippen LogP contribution in [-0.2, 0) is 0 Å². The van der Waals surface area contributed by atoms with E-state index in [1.54, 1.807) is 0 Å². The summed E-state index contributed by atoms with van der Waals surface area (Å²) >= 11 is 2.45. The molecule has 0 fully saturated rings. The molecule has 0 aliphatic heterocycles. The highest BCUT2D eigenvalue weighted by Crippen LogP contribution is 2.44. The standard InChI is InChI=1S/C33H36IN/c1-21(2)26-17-28(22(3)4)32(29(18-26)23(5)6)35-33-30(24-13-9-7-10-14-24)19-27(34)20-31(33)25-15-11-8-12-16-25/h7-23,35H,1-6H3. The third-order valence-corrected chi connectivity index (χ3v) is 7.28. The van der Waals surface area contributed by atoms with Gasteiger partial charge in [0.15, 0.2) is 0 Å². The van der Waals surface area contributed by atoms with Crippen LogP contribution in [0.5, 0.6) is 0 Å². The molecule has 4 aromatic rings. The number of hydrogen-bond acceptors (Lipinski definition) is 1. The van der Waals surface area contributed by atoms with Crippen molar-refractivity contribution in [1.82, 2.24) is 0 Å². The molecule has 0 aliphatic carbocycles. The van der Waals surface area contributed by atoms with E-state index in [-0.39, 0.29) is 0 Å². The van der Waals surface area contributed by atoms with E-state index in [0.29, 0.717) is 17.8 Å². The fourth-order valence-electron chi connectivity index (χ4n) is 4.66. The van der Waals surface area contributed by atoms with Crippen LogP contribution in [0.2, 0.25) is 0 Å². The highest BCUT2D eigenvalue weighted by Gasteiger charge is 2.21. The van der Waals surface area contributed by atoms with Crippen LogP contribution in [-0.4, -0.2) is 0 Å². The molecule has 0 saturated heterocycles. The van der Waals surface area contributed by atoms with E-state index in [2.05, 4.69) is 154 Å². The van der Waals surface area contributed by atoms with Crippen molar-refractivity contribution in [3.63, 3.8) is 0 Å². The third-order valence-electron chi connectivity index (χ3n) is 6.66. The Hall–Kier alpha value is -2.59. The zero-order valence-corrected chi connectivity index (χ0v) is 23.9. The molecule has 0 atom stereocenters. The summed E-state index contributed by atoms with van der Waals surface area (Å²) in [5.74, 6) is 1.33. The largest absolute Gasteiger partial charge is 0.354 e. The van der Waals surface area contributed by atoms with Gasteiger partial charge in [0.05, 0.1) is 5.69 Å². The van der Waals surface area contributed by atoms with Crippen molar-refractivity contribution < 1.29 is 0 Å². The average Bonchev–Trinajstić information content (AvgIpc) is 2.85. The molecule has 0 aliphatic rings. The van der Waals surface area contributed by atoms with Crippen molar-refractivity contribution >= 4 is 34.0 Å². The topological polar surface area (TPSA) is 12.0 Å². The first-order valence-corrected chi connectivity index (χ1v) is 13.7. The second-order valence-electron chi connectivity index (χ2n) is 10.3. The van der Waals surface area contributed by atoms with Gasteiger partial charge in [-0.1, -0.05) is 114 Å². The predicted molar refractivity (Wildman–Crippen MR) is 162 cm³/mol. The molecule has 0 amide bonds. The van der Waals surface area contributed by atoms with Crippen molar-refractivity contribution in [3.8, 4) is 22.3 Å². The summed E-state index contributed by atoms with van der Waals surface area (Å²) in [7, 11) is 0. The summed E-state index contributed by atoms with van der Waals surface area (Å²) in [5, 5.41) is 4.03. The Bertz CT molecular complexity index is 1200. The second-order valence-corrected chi connectivity index (χ2v) is 11.5. The van der Waals surface area contributed by atoms with Crippen LogP contribution in [0.25, 0.3) is 22.3 Å². The normalized spacial score (nSPS) is 11.5. The summed E-state index contributed by atoms with van der Waals surface area (Å²) in [6, 6.07) is 30.9. The molecule has 0 bridgehead atoms. The highest BCUT2D eigenvalue weighted by atomic mass is 127. The Morgan fingerprint density at radius 1 is 0.543 bits per heavy atom. The van der Waals surface area contributed by atoms with Gasteiger partial charge in [-0.3, -0.25) is 0 Å². The lowest BCUT2D eigenvalue weighted by Gasteiger charge is -2.26. The maximum atomic E-state index is 4.03. The number of hydrogen-bond donors (Lipinski definition) is 1. The van der Waals surface area contributed by atoms with Crippen LogP contribution < -0.4 is 5.32 Å². The van der Waals surface area contributed by atoms with Crippen molar-refractivity contribution in [2.24, 2.45) is 0 Å². The monoisotopic (exact) mass is 573 g/mol. The molecule has 0 aromatic heterocycles. The number of anilines is 2. The first-order chi connectivity index (χ1) is 16.8. The Kier molecular flexibility index (Phi) is 8.01. The minimum Gasteiger partial charge on any atom is -0.354 e. The van der Waals surface area contributed by atoms with Crippen molar-refractivity contribution in [2.75, 3.05) is 5.32 Å². The SMILES string of the molecule is CC(C)c1cc(C(C)C)c(Nc2c(-c3ccccc3)cc(I)cc2-c2ccccc2)c(C(C)C)c1. The molecule has 180 valence electrons. The summed E-state index contributed by atoms with van der Waals surface area (Å²) in [6.45, 7) is 13.8. The van der Waals surface area contributed by atoms with Crippen molar-refractivity contribution in [2.45, 2.75) is 59.3 Å². The Morgan fingerprint density at radius 2 is 0.971 bits per heavy atom. The number of halogens is 1. The summed E-state index contributed by atoms with van der Waals surface area (Å²) in [4.78, 5) is 0. The van der Waals surface area contributed by atoms with Crippen LogP contribution >= 0.6 is 22.6 Å². The molecule has 0 radical (unpaired) electrons. The minimum atomic E-state index is 0.415. The van der Waals surface area contributed by atoms with Gasteiger partial charge in [-0.25, -0.2) is 0 Å². The first-order valence-electron chi connectivity index (χ1n) is 12.6. The van der Waals surface area contributed by atoms with E-state index in [4.69, 9.17) is 0 Å². The summed E-state index contributed by atoms with van der Waals surface area (Å²) in [6.07, 6.45) is 0. The molecule has 1 nitrogen and oxygen atoms in total. The average molecular weight is 574 g/mol. The highest BCUT2D eigenvalue weighted by molar-refractivity contribution is 14.1. The van der Waals surface area contributed by atoms with E-state index in [1.807, 2.05) is 0 Å². The lowest BCUT2D eigenvalue weighted by molar-refractivity contribution is 0.808. The number of rotatable bonds is 7. The van der Waals surface area contributed by atoms with Gasteiger partial charge in [0.2, 0.25) is 0 Å². The van der Waals surface area contributed by atoms with Crippen LogP contribution in [0.15, 0.2) is 84.9 Å². The van der Waals surface area contributed by atoms with E-state index in [1.165, 1.54) is 53.9 Å². The molecule has 35 heavy (non-hydrogen) atoms. The fourth-order valence-corrected chi connectivity index (χ4v) is 5.28. The van der Waals surface area contributed by atoms with Crippen LogP contribution in [0, 0.1) is 3.57 Å². The zero-order chi connectivity index (χ0) is 25.1. The Balaban J connectivity index is 2.02. The van der Waals surface area contributed by atoms with Gasteiger partial charge in [0.25, 0.3) is 0 Å². The lowest BCUT2D eigenvalue weighted by atomic mass is 9.86. The van der Waals surface area contributed by atoms with Gasteiger partial charge in [-0.2, -0.15) is 0 Å². The number of nitrogens with one attached hydrogen (secondary N) is 1. The quantitative estimate of drug-likeness (QED) is 0.217. The second kappa shape index (κ2) is 11.0. The predicted octanol–water partition coefficient (Wildman–Crippen LogP) is 10.7. The van der Waals surface area contributed by atoms with Crippen molar-refractivity contribution in [1.29, 1.82) is 0 Å². The van der Waals surface area contributed by atoms with Gasteiger partial charge in [0.1, 0.15) is 0 Å². The Labute approximate surface area is 225 Å². The molecular formula is C33H36IN. The van der Waals surface area contributed by atoms with Crippen LogP contribution in [0.3, 0.4) is 0 Å². The third kappa shape index (κ3) is 5.64. The molecular weight excluding hydrogens is 537 g/mol. The smallest absolute Gasteiger partial charge is 0.0544 e. The molecule has 1 N–H and O–H groups in total. The zero-order valence-electron chi connectivity index (χ0n) is 21.7. The molecule has 4 aromatic carbocycles. The van der Waals surface area contributed by atoms with Gasteiger partial charge in [-0.15, -0.1) is 0 Å². The molecule has 2 heteroatoms. The van der Waals surface area contributed by atoms with E-state index >= 15 is 0 Å². The first kappa shape index (κ1) is 25.5. The van der Waals surface area contributed by atoms with Crippen molar-refractivity contribution in [3.05, 3.63) is 105 Å². The maximum Gasteiger partial charge on any atom is 0.0544 e. The summed E-state index contributed by atoms with van der Waals surface area (Å²) in [5.41, 5.74) is 11.5. The molecule has 4 rings (SSSR count). The Morgan fingerprint density at radius 3 is 1.34 bits per heavy atom. The summed E-state index contributed by atoms with van der Waals surface area (Å²) < 4.78 is 1.23. The van der Waals surface area contributed by atoms with Crippen LogP contribution in [0.1, 0.15) is 76.0 Å². The van der Waals surface area contributed by atoms with Crippen LogP contribution in [0.4, 0.5) is 11.4 Å². The van der Waals surface area contributed by atoms with E-state index in [0.717, 1.165) is 0 Å². The molecule has 0 spiro atoms. The van der Waals surface area contributed by atoms with Gasteiger partial charge < -0.3 is 5.32 Å². The van der Waals surface area contributed by atoms with E-state index in [9.17, 15) is 0 Å².